The molecule has 1 heterocycles. The fourth-order valence-corrected chi connectivity index (χ4v) is 1.69. The lowest BCUT2D eigenvalue weighted by atomic mass is 10.1. The highest BCUT2D eigenvalue weighted by molar-refractivity contribution is 6.29. The molecule has 2 nitrogen and oxygen atoms in total. The first-order chi connectivity index (χ1) is 7.75. The fraction of sp³-hybridized carbons (Fsp3) is 0.154. The van der Waals surface area contributed by atoms with E-state index < -0.39 is 0 Å². The Kier molecular flexibility index (Phi) is 3.42. The Hall–Kier alpha value is -1.54. The summed E-state index contributed by atoms with van der Waals surface area (Å²) in [5.74, 6) is 0. The van der Waals surface area contributed by atoms with E-state index in [1.807, 2.05) is 24.3 Å². The van der Waals surface area contributed by atoms with Crippen molar-refractivity contribution in [2.75, 3.05) is 5.32 Å². The van der Waals surface area contributed by atoms with Gasteiger partial charge in [-0.15, -0.1) is 0 Å². The first kappa shape index (κ1) is 11.0. The highest BCUT2D eigenvalue weighted by Crippen LogP contribution is 2.14. The zero-order valence-electron chi connectivity index (χ0n) is 9.07. The normalized spacial score (nSPS) is 10.1. The average Bonchev–Trinajstić information content (AvgIpc) is 2.28. The highest BCUT2D eigenvalue weighted by atomic mass is 35.5. The molecule has 3 heteroatoms. The predicted octanol–water partition coefficient (Wildman–Crippen LogP) is 3.66. The molecule has 82 valence electrons. The van der Waals surface area contributed by atoms with Crippen molar-refractivity contribution < 1.29 is 0 Å². The minimum atomic E-state index is 0.509. The van der Waals surface area contributed by atoms with Gasteiger partial charge in [0, 0.05) is 18.4 Å². The molecule has 0 fully saturated rings. The lowest BCUT2D eigenvalue weighted by molar-refractivity contribution is 1.11. The van der Waals surface area contributed by atoms with Crippen molar-refractivity contribution in [3.05, 3.63) is 58.9 Å². The quantitative estimate of drug-likeness (QED) is 0.817. The Morgan fingerprint density at radius 1 is 1.25 bits per heavy atom. The standard InChI is InChI=1S/C13H13ClN2/c1-10-4-2-3-5-11(10)9-16-12-6-7-15-13(14)8-12/h2-8H,9H2,1H3,(H,15,16). The van der Waals surface area contributed by atoms with Crippen molar-refractivity contribution in [1.29, 1.82) is 0 Å². The van der Waals surface area contributed by atoms with Gasteiger partial charge < -0.3 is 5.32 Å². The summed E-state index contributed by atoms with van der Waals surface area (Å²) in [5, 5.41) is 3.83. The van der Waals surface area contributed by atoms with Crippen LogP contribution in [-0.4, -0.2) is 4.98 Å². The molecule has 1 aromatic carbocycles. The molecule has 2 aromatic rings. The molecule has 0 aliphatic heterocycles. The fourth-order valence-electron chi connectivity index (χ4n) is 1.52. The van der Waals surface area contributed by atoms with E-state index in [-0.39, 0.29) is 0 Å². The number of halogens is 1. The van der Waals surface area contributed by atoms with Crippen molar-refractivity contribution in [3.63, 3.8) is 0 Å². The van der Waals surface area contributed by atoms with E-state index in [4.69, 9.17) is 11.6 Å². The molecule has 16 heavy (non-hydrogen) atoms. The Labute approximate surface area is 100 Å². The second-order valence-electron chi connectivity index (χ2n) is 3.65. The molecular formula is C13H13ClN2. The van der Waals surface area contributed by atoms with Gasteiger partial charge >= 0.3 is 0 Å². The molecule has 0 amide bonds. The smallest absolute Gasteiger partial charge is 0.131 e. The number of nitrogens with one attached hydrogen (secondary N) is 1. The molecule has 0 spiro atoms. The van der Waals surface area contributed by atoms with Gasteiger partial charge in [0.05, 0.1) is 0 Å². The van der Waals surface area contributed by atoms with Crippen LogP contribution in [0, 0.1) is 6.92 Å². The Bertz CT molecular complexity index is 483. The number of aryl methyl sites for hydroxylation is 1. The van der Waals surface area contributed by atoms with Gasteiger partial charge in [0.15, 0.2) is 0 Å². The number of benzene rings is 1. The molecule has 0 saturated heterocycles. The molecule has 0 unspecified atom stereocenters. The van der Waals surface area contributed by atoms with Crippen molar-refractivity contribution in [3.8, 4) is 0 Å². The van der Waals surface area contributed by atoms with Crippen LogP contribution in [0.4, 0.5) is 5.69 Å². The van der Waals surface area contributed by atoms with Gasteiger partial charge in [-0.05, 0) is 30.2 Å². The molecule has 1 N–H and O–H groups in total. The van der Waals surface area contributed by atoms with Gasteiger partial charge in [0.1, 0.15) is 5.15 Å². The number of pyridine rings is 1. The summed E-state index contributed by atoms with van der Waals surface area (Å²) >= 11 is 5.81. The van der Waals surface area contributed by atoms with Gasteiger partial charge in [0.25, 0.3) is 0 Å². The molecule has 0 aliphatic rings. The van der Waals surface area contributed by atoms with E-state index in [1.165, 1.54) is 11.1 Å². The van der Waals surface area contributed by atoms with Crippen LogP contribution in [0.1, 0.15) is 11.1 Å². The zero-order chi connectivity index (χ0) is 11.4. The molecule has 0 saturated carbocycles. The van der Waals surface area contributed by atoms with Gasteiger partial charge in [-0.25, -0.2) is 4.98 Å². The van der Waals surface area contributed by atoms with E-state index in [2.05, 4.69) is 29.4 Å². The summed E-state index contributed by atoms with van der Waals surface area (Å²) in [6.07, 6.45) is 1.70. The second kappa shape index (κ2) is 4.99. The van der Waals surface area contributed by atoms with Gasteiger partial charge in [0.2, 0.25) is 0 Å². The van der Waals surface area contributed by atoms with Gasteiger partial charge in [-0.1, -0.05) is 35.9 Å². The van der Waals surface area contributed by atoms with Crippen molar-refractivity contribution in [1.82, 2.24) is 4.98 Å². The minimum Gasteiger partial charge on any atom is -0.381 e. The van der Waals surface area contributed by atoms with E-state index in [0.29, 0.717) is 5.15 Å². The van der Waals surface area contributed by atoms with E-state index in [9.17, 15) is 0 Å². The molecule has 0 aliphatic carbocycles. The maximum Gasteiger partial charge on any atom is 0.131 e. The number of aromatic nitrogens is 1. The first-order valence-corrected chi connectivity index (χ1v) is 5.53. The van der Waals surface area contributed by atoms with Crippen molar-refractivity contribution in [2.24, 2.45) is 0 Å². The van der Waals surface area contributed by atoms with Gasteiger partial charge in [-0.3, -0.25) is 0 Å². The maximum atomic E-state index is 5.81. The van der Waals surface area contributed by atoms with Crippen molar-refractivity contribution in [2.45, 2.75) is 13.5 Å². The topological polar surface area (TPSA) is 24.9 Å². The molecule has 1 aromatic heterocycles. The number of hydrogen-bond donors (Lipinski definition) is 1. The Morgan fingerprint density at radius 3 is 2.81 bits per heavy atom. The number of anilines is 1. The second-order valence-corrected chi connectivity index (χ2v) is 4.03. The summed E-state index contributed by atoms with van der Waals surface area (Å²) < 4.78 is 0. The minimum absolute atomic E-state index is 0.509. The average molecular weight is 233 g/mol. The number of hydrogen-bond acceptors (Lipinski definition) is 2. The zero-order valence-corrected chi connectivity index (χ0v) is 9.83. The lowest BCUT2D eigenvalue weighted by Crippen LogP contribution is -2.01. The van der Waals surface area contributed by atoms with E-state index in [1.54, 1.807) is 6.20 Å². The molecule has 0 atom stereocenters. The van der Waals surface area contributed by atoms with Crippen LogP contribution in [0.3, 0.4) is 0 Å². The summed E-state index contributed by atoms with van der Waals surface area (Å²) in [4.78, 5) is 3.94. The molecular weight excluding hydrogens is 220 g/mol. The Balaban J connectivity index is 2.05. The third-order valence-electron chi connectivity index (χ3n) is 2.47. The van der Waals surface area contributed by atoms with E-state index in [0.717, 1.165) is 12.2 Å². The van der Waals surface area contributed by atoms with Crippen molar-refractivity contribution >= 4 is 17.3 Å². The van der Waals surface area contributed by atoms with Crippen LogP contribution in [0.25, 0.3) is 0 Å². The summed E-state index contributed by atoms with van der Waals surface area (Å²) in [6.45, 7) is 2.91. The van der Waals surface area contributed by atoms with Crippen LogP contribution in [0.2, 0.25) is 5.15 Å². The first-order valence-electron chi connectivity index (χ1n) is 5.15. The van der Waals surface area contributed by atoms with Crippen LogP contribution >= 0.6 is 11.6 Å². The SMILES string of the molecule is Cc1ccccc1CNc1ccnc(Cl)c1. The van der Waals surface area contributed by atoms with E-state index >= 15 is 0 Å². The van der Waals surface area contributed by atoms with Crippen LogP contribution in [-0.2, 0) is 6.54 Å². The Morgan fingerprint density at radius 2 is 2.06 bits per heavy atom. The largest absolute Gasteiger partial charge is 0.381 e. The van der Waals surface area contributed by atoms with Crippen LogP contribution in [0.5, 0.6) is 0 Å². The third-order valence-corrected chi connectivity index (χ3v) is 2.68. The molecule has 2 rings (SSSR count). The number of rotatable bonds is 3. The maximum absolute atomic E-state index is 5.81. The third kappa shape index (κ3) is 2.74. The predicted molar refractivity (Wildman–Crippen MR) is 67.8 cm³/mol. The summed E-state index contributed by atoms with van der Waals surface area (Å²) in [6, 6.07) is 12.0. The van der Waals surface area contributed by atoms with Crippen LogP contribution in [0.15, 0.2) is 42.6 Å². The van der Waals surface area contributed by atoms with Crippen LogP contribution < -0.4 is 5.32 Å². The van der Waals surface area contributed by atoms with Gasteiger partial charge in [-0.2, -0.15) is 0 Å². The molecule has 0 radical (unpaired) electrons. The molecule has 0 bridgehead atoms. The summed E-state index contributed by atoms with van der Waals surface area (Å²) in [7, 11) is 0. The monoisotopic (exact) mass is 232 g/mol. The lowest BCUT2D eigenvalue weighted by Gasteiger charge is -2.08. The highest BCUT2D eigenvalue weighted by Gasteiger charge is 1.97. The summed E-state index contributed by atoms with van der Waals surface area (Å²) in [5.41, 5.74) is 3.56. The number of nitrogens with zero attached hydrogens (tertiary/aromatic N) is 1.